The molecule has 0 spiro atoms. The van der Waals surface area contributed by atoms with Crippen molar-refractivity contribution in [1.29, 1.82) is 0 Å². The van der Waals surface area contributed by atoms with Gasteiger partial charge in [0.25, 0.3) is 0 Å². The van der Waals surface area contributed by atoms with Gasteiger partial charge >= 0.3 is 0 Å². The van der Waals surface area contributed by atoms with Gasteiger partial charge in [-0.25, -0.2) is 0 Å². The molecule has 28 heavy (non-hydrogen) atoms. The normalized spacial score (nSPS) is 16.0. The van der Waals surface area contributed by atoms with Crippen LogP contribution in [0.3, 0.4) is 0 Å². The third-order valence-electron chi connectivity index (χ3n) is 5.17. The van der Waals surface area contributed by atoms with Crippen LogP contribution >= 0.6 is 24.0 Å². The number of likely N-dealkylation sites (N-methyl/N-ethyl adjacent to an activating group) is 1. The van der Waals surface area contributed by atoms with Crippen molar-refractivity contribution in [2.24, 2.45) is 4.99 Å². The molecule has 160 valence electrons. The molecule has 1 fully saturated rings. The highest BCUT2D eigenvalue weighted by Gasteiger charge is 2.23. The van der Waals surface area contributed by atoms with Crippen LogP contribution in [0, 0.1) is 0 Å². The van der Waals surface area contributed by atoms with Crippen LogP contribution in [0.15, 0.2) is 29.3 Å². The Morgan fingerprint density at radius 3 is 2.43 bits per heavy atom. The monoisotopic (exact) mass is 503 g/mol. The maximum absolute atomic E-state index is 5.31. The highest BCUT2D eigenvalue weighted by atomic mass is 127. The Bertz CT molecular complexity index is 560. The molecule has 0 aromatic heterocycles. The first kappa shape index (κ1) is 25.0. The SMILES string of the molecule is CCNC(=NCC(c1ccc(OC)cc1)N1CCCC1)NCCN(C)CC.I. The van der Waals surface area contributed by atoms with E-state index in [0.29, 0.717) is 6.04 Å². The summed E-state index contributed by atoms with van der Waals surface area (Å²) in [5, 5.41) is 6.83. The molecule has 0 radical (unpaired) electrons. The zero-order chi connectivity index (χ0) is 19.5. The topological polar surface area (TPSA) is 52.1 Å². The van der Waals surface area contributed by atoms with Gasteiger partial charge < -0.3 is 20.3 Å². The Morgan fingerprint density at radius 1 is 1.18 bits per heavy atom. The first-order chi connectivity index (χ1) is 13.2. The summed E-state index contributed by atoms with van der Waals surface area (Å²) in [6.07, 6.45) is 2.55. The van der Waals surface area contributed by atoms with Crippen LogP contribution < -0.4 is 15.4 Å². The Labute approximate surface area is 188 Å². The number of rotatable bonds is 10. The number of benzene rings is 1. The molecular formula is C21H38IN5O. The summed E-state index contributed by atoms with van der Waals surface area (Å²) in [6, 6.07) is 8.76. The molecule has 1 saturated heterocycles. The van der Waals surface area contributed by atoms with Crippen LogP contribution in [0.5, 0.6) is 5.75 Å². The van der Waals surface area contributed by atoms with E-state index in [1.807, 2.05) is 12.1 Å². The molecular weight excluding hydrogens is 465 g/mol. The molecule has 2 rings (SSSR count). The van der Waals surface area contributed by atoms with Crippen molar-refractivity contribution in [3.05, 3.63) is 29.8 Å². The van der Waals surface area contributed by atoms with E-state index in [-0.39, 0.29) is 24.0 Å². The molecule has 0 amide bonds. The molecule has 2 N–H and O–H groups in total. The number of nitrogens with zero attached hydrogens (tertiary/aromatic N) is 3. The number of hydrogen-bond acceptors (Lipinski definition) is 4. The first-order valence-electron chi connectivity index (χ1n) is 10.3. The van der Waals surface area contributed by atoms with Gasteiger partial charge in [0.1, 0.15) is 5.75 Å². The van der Waals surface area contributed by atoms with Crippen molar-refractivity contribution in [2.45, 2.75) is 32.7 Å². The Hall–Kier alpha value is -1.06. The predicted molar refractivity (Wildman–Crippen MR) is 129 cm³/mol. The summed E-state index contributed by atoms with van der Waals surface area (Å²) < 4.78 is 5.31. The van der Waals surface area contributed by atoms with Crippen molar-refractivity contribution < 1.29 is 4.74 Å². The number of halogens is 1. The van der Waals surface area contributed by atoms with Gasteiger partial charge in [-0.2, -0.15) is 0 Å². The Kier molecular flexibility index (Phi) is 12.5. The predicted octanol–water partition coefficient (Wildman–Crippen LogP) is 2.96. The second kappa shape index (κ2) is 14.0. The zero-order valence-electron chi connectivity index (χ0n) is 17.9. The van der Waals surface area contributed by atoms with Crippen LogP contribution in [0.2, 0.25) is 0 Å². The minimum absolute atomic E-state index is 0. The number of methoxy groups -OCH3 is 1. The quantitative estimate of drug-likeness (QED) is 0.292. The fraction of sp³-hybridized carbons (Fsp3) is 0.667. The lowest BCUT2D eigenvalue weighted by molar-refractivity contribution is 0.251. The molecule has 6 nitrogen and oxygen atoms in total. The summed E-state index contributed by atoms with van der Waals surface area (Å²) in [5.74, 6) is 1.80. The van der Waals surface area contributed by atoms with Crippen molar-refractivity contribution in [1.82, 2.24) is 20.4 Å². The largest absolute Gasteiger partial charge is 0.497 e. The molecule has 0 saturated carbocycles. The van der Waals surface area contributed by atoms with Gasteiger partial charge in [-0.3, -0.25) is 9.89 Å². The number of hydrogen-bond donors (Lipinski definition) is 2. The standard InChI is InChI=1S/C21H37N5O.HI/c1-5-22-21(23-13-16-25(3)6-2)24-17-20(26-14-7-8-15-26)18-9-11-19(27-4)12-10-18;/h9-12,20H,5-8,13-17H2,1-4H3,(H2,22,23,24);1H. The molecule has 7 heteroatoms. The van der Waals surface area contributed by atoms with Crippen molar-refractivity contribution in [3.63, 3.8) is 0 Å². The maximum atomic E-state index is 5.31. The van der Waals surface area contributed by atoms with Gasteiger partial charge in [0.2, 0.25) is 0 Å². The number of ether oxygens (including phenoxy) is 1. The molecule has 1 unspecified atom stereocenters. The summed E-state index contributed by atoms with van der Waals surface area (Å²) in [5.41, 5.74) is 1.31. The molecule has 0 bridgehead atoms. The molecule has 0 aliphatic carbocycles. The number of nitrogens with one attached hydrogen (secondary N) is 2. The van der Waals surface area contributed by atoms with E-state index in [2.05, 4.69) is 53.5 Å². The summed E-state index contributed by atoms with van der Waals surface area (Å²) in [4.78, 5) is 9.75. The first-order valence-corrected chi connectivity index (χ1v) is 10.3. The van der Waals surface area contributed by atoms with Gasteiger partial charge in [-0.15, -0.1) is 24.0 Å². The molecule has 1 aliphatic heterocycles. The summed E-state index contributed by atoms with van der Waals surface area (Å²) >= 11 is 0. The Morgan fingerprint density at radius 2 is 1.86 bits per heavy atom. The summed E-state index contributed by atoms with van der Waals surface area (Å²) in [6.45, 7) is 11.2. The third-order valence-corrected chi connectivity index (χ3v) is 5.17. The maximum Gasteiger partial charge on any atom is 0.191 e. The van der Waals surface area contributed by atoms with Gasteiger partial charge in [0.15, 0.2) is 5.96 Å². The fourth-order valence-corrected chi connectivity index (χ4v) is 3.35. The lowest BCUT2D eigenvalue weighted by Crippen LogP contribution is -2.41. The van der Waals surface area contributed by atoms with Crippen molar-refractivity contribution in [2.75, 3.05) is 60.0 Å². The van der Waals surface area contributed by atoms with Gasteiger partial charge in [-0.05, 0) is 64.1 Å². The van der Waals surface area contributed by atoms with Crippen LogP contribution in [0.1, 0.15) is 38.3 Å². The van der Waals surface area contributed by atoms with Crippen LogP contribution in [-0.2, 0) is 0 Å². The van der Waals surface area contributed by atoms with Gasteiger partial charge in [-0.1, -0.05) is 19.1 Å². The highest BCUT2D eigenvalue weighted by molar-refractivity contribution is 14.0. The minimum atomic E-state index is 0. The van der Waals surface area contributed by atoms with E-state index in [1.165, 1.54) is 18.4 Å². The third kappa shape index (κ3) is 8.13. The van der Waals surface area contributed by atoms with Crippen molar-refractivity contribution >= 4 is 29.9 Å². The van der Waals surface area contributed by atoms with Crippen molar-refractivity contribution in [3.8, 4) is 5.75 Å². The van der Waals surface area contributed by atoms with E-state index in [1.54, 1.807) is 7.11 Å². The van der Waals surface area contributed by atoms with E-state index in [4.69, 9.17) is 9.73 Å². The lowest BCUT2D eigenvalue weighted by Gasteiger charge is -2.27. The highest BCUT2D eigenvalue weighted by Crippen LogP contribution is 2.27. The number of guanidine groups is 1. The molecule has 1 atom stereocenters. The fourth-order valence-electron chi connectivity index (χ4n) is 3.35. The average Bonchev–Trinajstić information content (AvgIpc) is 3.23. The average molecular weight is 503 g/mol. The van der Waals surface area contributed by atoms with Crippen LogP contribution in [0.4, 0.5) is 0 Å². The second-order valence-electron chi connectivity index (χ2n) is 7.07. The smallest absolute Gasteiger partial charge is 0.191 e. The Balaban J connectivity index is 0.00000392. The number of aliphatic imine (C=N–C) groups is 1. The summed E-state index contributed by atoms with van der Waals surface area (Å²) in [7, 11) is 3.85. The van der Waals surface area contributed by atoms with E-state index >= 15 is 0 Å². The minimum Gasteiger partial charge on any atom is -0.497 e. The van der Waals surface area contributed by atoms with Crippen LogP contribution in [0.25, 0.3) is 0 Å². The van der Waals surface area contributed by atoms with E-state index < -0.39 is 0 Å². The second-order valence-corrected chi connectivity index (χ2v) is 7.07. The molecule has 1 aromatic carbocycles. The zero-order valence-corrected chi connectivity index (χ0v) is 20.2. The molecule has 1 heterocycles. The number of likely N-dealkylation sites (tertiary alicyclic amines) is 1. The van der Waals surface area contributed by atoms with Gasteiger partial charge in [0, 0.05) is 19.6 Å². The lowest BCUT2D eigenvalue weighted by atomic mass is 10.1. The molecule has 1 aromatic rings. The van der Waals surface area contributed by atoms with E-state index in [9.17, 15) is 0 Å². The van der Waals surface area contributed by atoms with Crippen LogP contribution in [-0.4, -0.2) is 75.7 Å². The van der Waals surface area contributed by atoms with E-state index in [0.717, 1.165) is 57.5 Å². The molecule has 1 aliphatic rings. The van der Waals surface area contributed by atoms with Gasteiger partial charge in [0.05, 0.1) is 19.7 Å².